The molecular weight excluding hydrogens is 439 g/mol. The van der Waals surface area contributed by atoms with Crippen molar-refractivity contribution in [2.75, 3.05) is 26.7 Å². The molecule has 2 aromatic heterocycles. The number of piperidine rings is 1. The summed E-state index contributed by atoms with van der Waals surface area (Å²) in [7, 11) is 2.15. The molecule has 0 radical (unpaired) electrons. The fraction of sp³-hybridized carbons (Fsp3) is 0.429. The van der Waals surface area contributed by atoms with Gasteiger partial charge >= 0.3 is 0 Å². The SMILES string of the molecule is C/C=C(\C=NCC)c1ncnc(C)c1/C(=C\C)c1cc(F)c2nc(C)n(C3CCN(C)CC3)c2c1. The van der Waals surface area contributed by atoms with Crippen LogP contribution in [0.4, 0.5) is 4.39 Å². The highest BCUT2D eigenvalue weighted by molar-refractivity contribution is 6.11. The van der Waals surface area contributed by atoms with Crippen molar-refractivity contribution >= 4 is 28.4 Å². The lowest BCUT2D eigenvalue weighted by molar-refractivity contribution is 0.222. The molecule has 0 saturated carbocycles. The number of rotatable bonds is 6. The second kappa shape index (κ2) is 10.6. The van der Waals surface area contributed by atoms with E-state index in [0.29, 0.717) is 18.1 Å². The summed E-state index contributed by atoms with van der Waals surface area (Å²) in [5, 5.41) is 0. The van der Waals surface area contributed by atoms with Crippen molar-refractivity contribution in [3.05, 3.63) is 64.8 Å². The molecule has 0 spiro atoms. The fourth-order valence-electron chi connectivity index (χ4n) is 5.07. The summed E-state index contributed by atoms with van der Waals surface area (Å²) in [6.45, 7) is 12.6. The molecule has 35 heavy (non-hydrogen) atoms. The van der Waals surface area contributed by atoms with Crippen molar-refractivity contribution in [3.63, 3.8) is 0 Å². The topological polar surface area (TPSA) is 59.2 Å². The lowest BCUT2D eigenvalue weighted by atomic mass is 9.92. The van der Waals surface area contributed by atoms with Crippen LogP contribution in [0.25, 0.3) is 22.2 Å². The monoisotopic (exact) mass is 474 g/mol. The zero-order chi connectivity index (χ0) is 25.1. The molecule has 1 fully saturated rings. The zero-order valence-electron chi connectivity index (χ0n) is 21.6. The first kappa shape index (κ1) is 24.9. The summed E-state index contributed by atoms with van der Waals surface area (Å²) >= 11 is 0. The maximum absolute atomic E-state index is 15.5. The quantitative estimate of drug-likeness (QED) is 0.424. The number of hydrogen-bond donors (Lipinski definition) is 0. The molecule has 0 bridgehead atoms. The predicted molar refractivity (Wildman–Crippen MR) is 142 cm³/mol. The average Bonchev–Trinajstić information content (AvgIpc) is 3.18. The van der Waals surface area contributed by atoms with Crippen LogP contribution in [0.3, 0.4) is 0 Å². The minimum Gasteiger partial charge on any atom is -0.325 e. The van der Waals surface area contributed by atoms with E-state index in [4.69, 9.17) is 0 Å². The smallest absolute Gasteiger partial charge is 0.151 e. The largest absolute Gasteiger partial charge is 0.325 e. The Bertz CT molecular complexity index is 1310. The van der Waals surface area contributed by atoms with Gasteiger partial charge in [0.15, 0.2) is 5.82 Å². The third-order valence-electron chi connectivity index (χ3n) is 6.88. The summed E-state index contributed by atoms with van der Waals surface area (Å²) in [5.74, 6) is 0.556. The van der Waals surface area contributed by atoms with Crippen molar-refractivity contribution in [3.8, 4) is 0 Å². The standard InChI is InChI=1S/C28H35FN6/c1-7-20(16-30-9-3)27-26(18(4)31-17-32-27)23(8-2)21-14-24(29)28-25(15-21)35(19(5)33-28)22-10-12-34(6)13-11-22/h7-8,14-17,22H,9-13H2,1-6H3/b20-7+,23-8-,30-16?. The number of likely N-dealkylation sites (tertiary alicyclic amines) is 1. The number of fused-ring (bicyclic) bond motifs is 1. The highest BCUT2D eigenvalue weighted by Crippen LogP contribution is 2.35. The third-order valence-corrected chi connectivity index (χ3v) is 6.88. The van der Waals surface area contributed by atoms with Gasteiger partial charge in [-0.15, -0.1) is 0 Å². The van der Waals surface area contributed by atoms with E-state index in [1.807, 2.05) is 53.0 Å². The predicted octanol–water partition coefficient (Wildman–Crippen LogP) is 5.79. The zero-order valence-corrected chi connectivity index (χ0v) is 21.6. The van der Waals surface area contributed by atoms with Crippen LogP contribution < -0.4 is 0 Å². The minimum absolute atomic E-state index is 0.304. The molecule has 7 heteroatoms. The first-order chi connectivity index (χ1) is 16.9. The highest BCUT2D eigenvalue weighted by atomic mass is 19.1. The molecule has 3 heterocycles. The van der Waals surface area contributed by atoms with Gasteiger partial charge in [0.05, 0.1) is 11.2 Å². The summed E-state index contributed by atoms with van der Waals surface area (Å²) in [4.78, 5) is 20.5. The molecular formula is C28H35FN6. The Morgan fingerprint density at radius 1 is 1.14 bits per heavy atom. The van der Waals surface area contributed by atoms with E-state index in [9.17, 15) is 0 Å². The van der Waals surface area contributed by atoms with Gasteiger partial charge in [-0.3, -0.25) is 4.99 Å². The van der Waals surface area contributed by atoms with Gasteiger partial charge < -0.3 is 9.47 Å². The first-order valence-corrected chi connectivity index (χ1v) is 12.4. The van der Waals surface area contributed by atoms with E-state index in [-0.39, 0.29) is 5.82 Å². The Morgan fingerprint density at radius 2 is 1.89 bits per heavy atom. The molecule has 0 N–H and O–H groups in total. The maximum atomic E-state index is 15.5. The Kier molecular flexibility index (Phi) is 7.55. The van der Waals surface area contributed by atoms with Crippen LogP contribution in [0.2, 0.25) is 0 Å². The molecule has 4 rings (SSSR count). The first-order valence-electron chi connectivity index (χ1n) is 12.4. The third kappa shape index (κ3) is 4.82. The number of aromatic nitrogens is 4. The average molecular weight is 475 g/mol. The highest BCUT2D eigenvalue weighted by Gasteiger charge is 2.25. The van der Waals surface area contributed by atoms with Crippen LogP contribution in [0.5, 0.6) is 0 Å². The molecule has 184 valence electrons. The Balaban J connectivity index is 1.88. The van der Waals surface area contributed by atoms with E-state index >= 15 is 4.39 Å². The van der Waals surface area contributed by atoms with Gasteiger partial charge in [0.25, 0.3) is 0 Å². The molecule has 1 saturated heterocycles. The number of aryl methyl sites for hydroxylation is 2. The Hall–Kier alpha value is -3.19. The van der Waals surface area contributed by atoms with Crippen LogP contribution in [0.1, 0.15) is 68.0 Å². The van der Waals surface area contributed by atoms with Gasteiger partial charge in [0, 0.05) is 35.6 Å². The molecule has 6 nitrogen and oxygen atoms in total. The molecule has 0 amide bonds. The summed E-state index contributed by atoms with van der Waals surface area (Å²) < 4.78 is 17.7. The summed E-state index contributed by atoms with van der Waals surface area (Å²) in [5.41, 5.74) is 6.43. The van der Waals surface area contributed by atoms with Crippen molar-refractivity contribution < 1.29 is 4.39 Å². The van der Waals surface area contributed by atoms with Crippen molar-refractivity contribution in [2.24, 2.45) is 4.99 Å². The molecule has 0 aliphatic carbocycles. The van der Waals surface area contributed by atoms with Crippen LogP contribution in [-0.2, 0) is 0 Å². The molecule has 3 aromatic rings. The summed E-state index contributed by atoms with van der Waals surface area (Å²) in [6, 6.07) is 3.99. The second-order valence-electron chi connectivity index (χ2n) is 9.15. The number of imidazole rings is 1. The van der Waals surface area contributed by atoms with E-state index in [1.165, 1.54) is 0 Å². The minimum atomic E-state index is -0.304. The normalized spacial score (nSPS) is 16.7. The summed E-state index contributed by atoms with van der Waals surface area (Å²) in [6.07, 6.45) is 9.50. The molecule has 1 aliphatic heterocycles. The number of allylic oxidation sites excluding steroid dienone is 3. The van der Waals surface area contributed by atoms with Crippen LogP contribution >= 0.6 is 0 Å². The Labute approximate surface area is 207 Å². The molecule has 0 unspecified atom stereocenters. The van der Waals surface area contributed by atoms with Gasteiger partial charge in [-0.25, -0.2) is 19.3 Å². The molecule has 1 aromatic carbocycles. The van der Waals surface area contributed by atoms with Gasteiger partial charge in [-0.1, -0.05) is 12.2 Å². The van der Waals surface area contributed by atoms with E-state index in [0.717, 1.165) is 70.9 Å². The Morgan fingerprint density at radius 3 is 2.54 bits per heavy atom. The van der Waals surface area contributed by atoms with Crippen molar-refractivity contribution in [1.29, 1.82) is 0 Å². The van der Waals surface area contributed by atoms with Crippen molar-refractivity contribution in [2.45, 2.75) is 53.5 Å². The number of hydrogen-bond acceptors (Lipinski definition) is 5. The molecule has 0 atom stereocenters. The molecule has 1 aliphatic rings. The second-order valence-corrected chi connectivity index (χ2v) is 9.15. The number of nitrogens with zero attached hydrogens (tertiary/aromatic N) is 6. The number of benzene rings is 1. The van der Waals surface area contributed by atoms with Crippen LogP contribution in [-0.4, -0.2) is 57.3 Å². The van der Waals surface area contributed by atoms with Gasteiger partial charge in [-0.05, 0) is 90.9 Å². The van der Waals surface area contributed by atoms with Gasteiger partial charge in [-0.2, -0.15) is 0 Å². The van der Waals surface area contributed by atoms with Crippen molar-refractivity contribution in [1.82, 2.24) is 24.4 Å². The number of halogens is 1. The van der Waals surface area contributed by atoms with Gasteiger partial charge in [0.2, 0.25) is 0 Å². The van der Waals surface area contributed by atoms with E-state index in [2.05, 4.69) is 42.5 Å². The fourth-order valence-corrected chi connectivity index (χ4v) is 5.07. The van der Waals surface area contributed by atoms with Crippen LogP contribution in [0.15, 0.2) is 35.6 Å². The van der Waals surface area contributed by atoms with Crippen LogP contribution in [0, 0.1) is 19.7 Å². The van der Waals surface area contributed by atoms with Gasteiger partial charge in [0.1, 0.15) is 17.7 Å². The lowest BCUT2D eigenvalue weighted by Crippen LogP contribution is -2.31. The van der Waals surface area contributed by atoms with E-state index in [1.54, 1.807) is 12.4 Å². The maximum Gasteiger partial charge on any atom is 0.151 e. The lowest BCUT2D eigenvalue weighted by Gasteiger charge is -2.31. The van der Waals surface area contributed by atoms with E-state index < -0.39 is 0 Å². The number of aliphatic imine (C=N–C) groups is 1.